The number of H-pyrrole nitrogens is 2. The van der Waals surface area contributed by atoms with Crippen LogP contribution in [0.2, 0.25) is 0 Å². The maximum absolute atomic E-state index is 12.1. The van der Waals surface area contributed by atoms with Gasteiger partial charge in [-0.25, -0.2) is 4.98 Å². The number of carbonyl (C=O) groups is 1. The zero-order valence-electron chi connectivity index (χ0n) is 12.9. The van der Waals surface area contributed by atoms with E-state index in [1.165, 1.54) is 6.33 Å². The molecule has 0 saturated carbocycles. The number of methoxy groups -OCH3 is 1. The van der Waals surface area contributed by atoms with Crippen LogP contribution >= 0.6 is 0 Å². The number of nitrogens with one attached hydrogen (secondary N) is 2. The minimum absolute atomic E-state index is 0.0568. The standard InChI is InChI=1S/C16H15N5O3/c1-24-12-4-2-10(3-5-12)6-11-7-13(20-19-11)14(22)8-15(23)16-17-9-18-21-16/h2-5,7-9,23H,6H2,1H3,(H,19,20)(H,17,18,21). The van der Waals surface area contributed by atoms with Gasteiger partial charge in [0, 0.05) is 12.5 Å². The van der Waals surface area contributed by atoms with Crippen molar-refractivity contribution >= 4 is 11.5 Å². The third-order valence-corrected chi connectivity index (χ3v) is 3.35. The molecular weight excluding hydrogens is 310 g/mol. The highest BCUT2D eigenvalue weighted by atomic mass is 16.5. The number of aliphatic hydroxyl groups is 1. The van der Waals surface area contributed by atoms with E-state index in [1.54, 1.807) is 13.2 Å². The Morgan fingerprint density at radius 3 is 2.75 bits per heavy atom. The van der Waals surface area contributed by atoms with Crippen LogP contribution in [0.1, 0.15) is 27.6 Å². The lowest BCUT2D eigenvalue weighted by molar-refractivity contribution is 0.104. The van der Waals surface area contributed by atoms with E-state index in [0.29, 0.717) is 12.1 Å². The molecule has 2 aromatic heterocycles. The first-order valence-corrected chi connectivity index (χ1v) is 7.14. The molecule has 3 rings (SSSR count). The van der Waals surface area contributed by atoms with Crippen molar-refractivity contribution in [2.24, 2.45) is 0 Å². The molecular formula is C16H15N5O3. The number of allylic oxidation sites excluding steroid dienone is 1. The number of hydrogen-bond donors (Lipinski definition) is 3. The molecule has 0 spiro atoms. The molecule has 3 N–H and O–H groups in total. The number of aliphatic hydroxyl groups excluding tert-OH is 1. The van der Waals surface area contributed by atoms with Crippen molar-refractivity contribution in [1.82, 2.24) is 25.4 Å². The quantitative estimate of drug-likeness (QED) is 0.362. The fourth-order valence-corrected chi connectivity index (χ4v) is 2.13. The predicted molar refractivity (Wildman–Crippen MR) is 85.7 cm³/mol. The van der Waals surface area contributed by atoms with E-state index in [2.05, 4.69) is 25.4 Å². The number of hydrogen-bond acceptors (Lipinski definition) is 6. The number of nitrogens with zero attached hydrogens (tertiary/aromatic N) is 3. The maximum atomic E-state index is 12.1. The van der Waals surface area contributed by atoms with Gasteiger partial charge in [0.15, 0.2) is 5.76 Å². The topological polar surface area (TPSA) is 117 Å². The van der Waals surface area contributed by atoms with E-state index < -0.39 is 5.78 Å². The summed E-state index contributed by atoms with van der Waals surface area (Å²) in [5.41, 5.74) is 2.04. The summed E-state index contributed by atoms with van der Waals surface area (Å²) in [6, 6.07) is 9.25. The molecule has 0 bridgehead atoms. The molecule has 24 heavy (non-hydrogen) atoms. The van der Waals surface area contributed by atoms with Gasteiger partial charge >= 0.3 is 0 Å². The van der Waals surface area contributed by atoms with Crippen LogP contribution < -0.4 is 4.74 Å². The van der Waals surface area contributed by atoms with Gasteiger partial charge in [-0.1, -0.05) is 12.1 Å². The van der Waals surface area contributed by atoms with Crippen molar-refractivity contribution in [2.45, 2.75) is 6.42 Å². The van der Waals surface area contributed by atoms with E-state index in [1.807, 2.05) is 24.3 Å². The third-order valence-electron chi connectivity index (χ3n) is 3.35. The van der Waals surface area contributed by atoms with E-state index in [9.17, 15) is 9.90 Å². The van der Waals surface area contributed by atoms with Crippen LogP contribution in [0.25, 0.3) is 5.76 Å². The van der Waals surface area contributed by atoms with E-state index in [-0.39, 0.29) is 17.3 Å². The number of ketones is 1. The first kappa shape index (κ1) is 15.5. The highest BCUT2D eigenvalue weighted by Gasteiger charge is 2.12. The summed E-state index contributed by atoms with van der Waals surface area (Å²) >= 11 is 0. The number of ether oxygens (including phenoxy) is 1. The summed E-state index contributed by atoms with van der Waals surface area (Å²) in [4.78, 5) is 15.9. The molecule has 8 nitrogen and oxygen atoms in total. The molecule has 0 fully saturated rings. The molecule has 0 unspecified atom stereocenters. The molecule has 0 atom stereocenters. The van der Waals surface area contributed by atoms with Crippen LogP contribution in [0.5, 0.6) is 5.75 Å². The fourth-order valence-electron chi connectivity index (χ4n) is 2.13. The molecule has 2 heterocycles. The first-order valence-electron chi connectivity index (χ1n) is 7.14. The summed E-state index contributed by atoms with van der Waals surface area (Å²) in [5.74, 6) is 0.115. The zero-order chi connectivity index (χ0) is 16.9. The Bertz CT molecular complexity index is 850. The van der Waals surface area contributed by atoms with Crippen LogP contribution in [0.15, 0.2) is 42.7 Å². The Morgan fingerprint density at radius 1 is 1.29 bits per heavy atom. The van der Waals surface area contributed by atoms with E-state index >= 15 is 0 Å². The van der Waals surface area contributed by atoms with Crippen LogP contribution in [-0.4, -0.2) is 43.4 Å². The lowest BCUT2D eigenvalue weighted by Crippen LogP contribution is -1.98. The third kappa shape index (κ3) is 3.49. The highest BCUT2D eigenvalue weighted by molar-refractivity contribution is 6.06. The van der Waals surface area contributed by atoms with Gasteiger partial charge in [0.25, 0.3) is 0 Å². The fraction of sp³-hybridized carbons (Fsp3) is 0.125. The Labute approximate surface area is 137 Å². The number of benzene rings is 1. The number of carbonyl (C=O) groups excluding carboxylic acids is 1. The van der Waals surface area contributed by atoms with Gasteiger partial charge in [0.2, 0.25) is 11.6 Å². The number of rotatable bonds is 6. The summed E-state index contributed by atoms with van der Waals surface area (Å²) in [5, 5.41) is 22.7. The normalized spacial score (nSPS) is 11.5. The van der Waals surface area contributed by atoms with Crippen LogP contribution in [0.4, 0.5) is 0 Å². The molecule has 0 radical (unpaired) electrons. The Hall–Kier alpha value is -3.42. The molecule has 0 saturated heterocycles. The second-order valence-electron chi connectivity index (χ2n) is 5.01. The van der Waals surface area contributed by atoms with Gasteiger partial charge in [-0.3, -0.25) is 15.0 Å². The summed E-state index contributed by atoms with van der Waals surface area (Å²) < 4.78 is 5.11. The summed E-state index contributed by atoms with van der Waals surface area (Å²) in [7, 11) is 1.61. The average Bonchev–Trinajstić information content (AvgIpc) is 3.27. The summed E-state index contributed by atoms with van der Waals surface area (Å²) in [6.07, 6.45) is 2.94. The van der Waals surface area contributed by atoms with Crippen molar-refractivity contribution in [1.29, 1.82) is 0 Å². The Balaban J connectivity index is 1.70. The molecule has 1 aromatic carbocycles. The molecule has 0 aliphatic carbocycles. The zero-order valence-corrected chi connectivity index (χ0v) is 12.9. The summed E-state index contributed by atoms with van der Waals surface area (Å²) in [6.45, 7) is 0. The SMILES string of the molecule is COc1ccc(Cc2cc(C(=O)C=C(O)c3nc[nH]n3)[nH]n2)cc1. The lowest BCUT2D eigenvalue weighted by atomic mass is 10.1. The van der Waals surface area contributed by atoms with Crippen molar-refractivity contribution in [3.05, 3.63) is 65.5 Å². The van der Waals surface area contributed by atoms with Crippen molar-refractivity contribution in [3.63, 3.8) is 0 Å². The van der Waals surface area contributed by atoms with E-state index in [4.69, 9.17) is 4.74 Å². The smallest absolute Gasteiger partial charge is 0.215 e. The van der Waals surface area contributed by atoms with Crippen molar-refractivity contribution in [2.75, 3.05) is 7.11 Å². The minimum Gasteiger partial charge on any atom is -0.504 e. The molecule has 3 aromatic rings. The van der Waals surface area contributed by atoms with Gasteiger partial charge in [-0.05, 0) is 23.8 Å². The first-order chi connectivity index (χ1) is 11.7. The van der Waals surface area contributed by atoms with Crippen LogP contribution in [-0.2, 0) is 6.42 Å². The van der Waals surface area contributed by atoms with E-state index in [0.717, 1.165) is 17.4 Å². The molecule has 8 heteroatoms. The predicted octanol–water partition coefficient (Wildman–Crippen LogP) is 1.91. The maximum Gasteiger partial charge on any atom is 0.215 e. The Kier molecular flexibility index (Phi) is 4.37. The second-order valence-corrected chi connectivity index (χ2v) is 5.01. The lowest BCUT2D eigenvalue weighted by Gasteiger charge is -2.01. The Morgan fingerprint density at radius 2 is 2.08 bits per heavy atom. The van der Waals surface area contributed by atoms with Crippen LogP contribution in [0, 0.1) is 0 Å². The monoisotopic (exact) mass is 325 g/mol. The second kappa shape index (κ2) is 6.78. The highest BCUT2D eigenvalue weighted by Crippen LogP contribution is 2.15. The molecule has 0 aliphatic rings. The van der Waals surface area contributed by atoms with Gasteiger partial charge in [0.05, 0.1) is 12.8 Å². The van der Waals surface area contributed by atoms with Crippen molar-refractivity contribution < 1.29 is 14.6 Å². The van der Waals surface area contributed by atoms with Gasteiger partial charge in [-0.15, -0.1) is 0 Å². The van der Waals surface area contributed by atoms with Crippen molar-refractivity contribution in [3.8, 4) is 5.75 Å². The van der Waals surface area contributed by atoms with Gasteiger partial charge in [-0.2, -0.15) is 10.2 Å². The van der Waals surface area contributed by atoms with Gasteiger partial charge in [0.1, 0.15) is 17.8 Å². The number of aromatic nitrogens is 5. The molecule has 0 amide bonds. The molecule has 122 valence electrons. The van der Waals surface area contributed by atoms with Gasteiger partial charge < -0.3 is 9.84 Å². The average molecular weight is 325 g/mol. The number of aromatic amines is 2. The van der Waals surface area contributed by atoms with Crippen LogP contribution in [0.3, 0.4) is 0 Å². The molecule has 0 aliphatic heterocycles. The minimum atomic E-state index is -0.411. The largest absolute Gasteiger partial charge is 0.504 e.